The van der Waals surface area contributed by atoms with Crippen LogP contribution in [0.5, 0.6) is 5.88 Å². The number of nitrogens with zero attached hydrogens (tertiary/aromatic N) is 8. The minimum atomic E-state index is -1.27. The van der Waals surface area contributed by atoms with Gasteiger partial charge in [0.05, 0.1) is 77.6 Å². The highest BCUT2D eigenvalue weighted by Crippen LogP contribution is 2.22. The molecular weight excluding hydrogens is 833 g/mol. The number of carboxylic acids is 1. The molecule has 0 bridgehead atoms. The first kappa shape index (κ1) is 46.2. The van der Waals surface area contributed by atoms with Crippen LogP contribution >= 0.6 is 0 Å². The number of hydrogen-bond acceptors (Lipinski definition) is 19. The van der Waals surface area contributed by atoms with Crippen LogP contribution in [0, 0.1) is 0 Å². The molecule has 6 rings (SSSR count). The Labute approximate surface area is 366 Å². The largest absolute Gasteiger partial charge is 0.480 e. The smallest absolute Gasteiger partial charge is 0.326 e. The molecule has 23 nitrogen and oxygen atoms in total. The number of anilines is 4. The van der Waals surface area contributed by atoms with Crippen LogP contribution in [0.25, 0.3) is 22.3 Å². The average Bonchev–Trinajstić information content (AvgIpc) is 3.76. The molecule has 0 saturated heterocycles. The third kappa shape index (κ3) is 13.8. The van der Waals surface area contributed by atoms with E-state index in [-0.39, 0.29) is 55.2 Å². The Hall–Kier alpha value is -7.34. The minimum Gasteiger partial charge on any atom is -0.480 e. The fraction of sp³-hybridized carbons (Fsp3) is 0.366. The lowest BCUT2D eigenvalue weighted by atomic mass is 10.1. The number of H-pyrrole nitrogens is 1. The molecular formula is C41H50N14O9. The van der Waals surface area contributed by atoms with Crippen molar-refractivity contribution in [1.29, 1.82) is 0 Å². The van der Waals surface area contributed by atoms with E-state index in [1.165, 1.54) is 6.33 Å². The van der Waals surface area contributed by atoms with E-state index in [2.05, 4.69) is 50.5 Å². The summed E-state index contributed by atoms with van der Waals surface area (Å²) in [5, 5.41) is 14.9. The third-order valence-electron chi connectivity index (χ3n) is 9.36. The second-order valence-corrected chi connectivity index (χ2v) is 14.1. The van der Waals surface area contributed by atoms with Crippen molar-refractivity contribution in [2.75, 3.05) is 81.9 Å². The van der Waals surface area contributed by atoms with Gasteiger partial charge in [0.25, 0.3) is 5.91 Å². The SMILES string of the molecule is CN(Cc1cnc2nc(N)nc(N)c2n1)c1ccc(C(=O)NC(CCC(=O)NCCOCCOCCOCCOCc2ccc(COc3nc(N)nc4nc[nH]c34)cc2)C(=O)O)cc1. The van der Waals surface area contributed by atoms with Gasteiger partial charge in [0.2, 0.25) is 23.7 Å². The molecule has 0 spiro atoms. The predicted octanol–water partition coefficient (Wildman–Crippen LogP) is 1.39. The average molecular weight is 883 g/mol. The number of aromatic amines is 1. The Kier molecular flexibility index (Phi) is 16.7. The Bertz CT molecular complexity index is 2470. The molecule has 0 aliphatic heterocycles. The first-order valence-corrected chi connectivity index (χ1v) is 20.2. The van der Waals surface area contributed by atoms with Crippen molar-refractivity contribution in [3.8, 4) is 5.88 Å². The van der Waals surface area contributed by atoms with Crippen molar-refractivity contribution in [3.05, 3.63) is 83.4 Å². The molecule has 0 aliphatic rings. The van der Waals surface area contributed by atoms with E-state index in [0.29, 0.717) is 93.3 Å². The molecule has 0 saturated carbocycles. The number of carbonyl (C=O) groups excluding carboxylic acids is 2. The molecule has 10 N–H and O–H groups in total. The van der Waals surface area contributed by atoms with Crippen molar-refractivity contribution in [1.82, 2.24) is 50.5 Å². The molecule has 338 valence electrons. The summed E-state index contributed by atoms with van der Waals surface area (Å²) in [7, 11) is 1.83. The van der Waals surface area contributed by atoms with E-state index in [0.717, 1.165) is 16.8 Å². The van der Waals surface area contributed by atoms with Gasteiger partial charge in [-0.2, -0.15) is 19.9 Å². The maximum Gasteiger partial charge on any atom is 0.326 e. The fourth-order valence-corrected chi connectivity index (χ4v) is 6.05. The third-order valence-corrected chi connectivity index (χ3v) is 9.36. The van der Waals surface area contributed by atoms with Crippen LogP contribution in [-0.4, -0.2) is 129 Å². The van der Waals surface area contributed by atoms with Gasteiger partial charge in [-0.05, 0) is 41.8 Å². The molecule has 64 heavy (non-hydrogen) atoms. The summed E-state index contributed by atoms with van der Waals surface area (Å²) in [4.78, 5) is 71.0. The van der Waals surface area contributed by atoms with Gasteiger partial charge >= 0.3 is 5.97 Å². The highest BCUT2D eigenvalue weighted by atomic mass is 16.6. The quantitative estimate of drug-likeness (QED) is 0.0379. The van der Waals surface area contributed by atoms with Gasteiger partial charge in [0.1, 0.15) is 18.2 Å². The van der Waals surface area contributed by atoms with Gasteiger partial charge in [0, 0.05) is 31.3 Å². The van der Waals surface area contributed by atoms with Crippen LogP contribution < -0.4 is 37.5 Å². The highest BCUT2D eigenvalue weighted by molar-refractivity contribution is 5.97. The monoisotopic (exact) mass is 882 g/mol. The number of hydrogen-bond donors (Lipinski definition) is 7. The number of benzene rings is 2. The van der Waals surface area contributed by atoms with Crippen molar-refractivity contribution < 1.29 is 43.2 Å². The molecule has 0 radical (unpaired) electrons. The standard InChI is InChI=1S/C41H50N14O9/c1-55(21-28-20-46-35-32(49-28)34(42)51-40(43)52-35)29-8-6-27(7-9-29)37(57)50-30(39(58)59)10-11-31(56)45-12-13-60-14-15-61-16-17-62-18-19-63-22-25-2-4-26(5-3-25)23-64-38-33-36(48-24-47-33)53-41(44)54-38/h2-9,20,24,30H,10-19,21-23H2,1H3,(H,45,56)(H,50,57)(H,58,59)(H4,42,43,46,51,52)(H3,44,47,48,53,54). The molecule has 0 fully saturated rings. The topological polar surface area (TPSA) is 329 Å². The maximum atomic E-state index is 12.9. The van der Waals surface area contributed by atoms with Crippen molar-refractivity contribution in [3.63, 3.8) is 0 Å². The number of amides is 2. The number of rotatable bonds is 26. The zero-order valence-corrected chi connectivity index (χ0v) is 35.1. The number of fused-ring (bicyclic) bond motifs is 2. The Morgan fingerprint density at radius 3 is 2.11 bits per heavy atom. The minimum absolute atomic E-state index is 0.00828. The van der Waals surface area contributed by atoms with Crippen molar-refractivity contribution in [2.45, 2.75) is 38.6 Å². The summed E-state index contributed by atoms with van der Waals surface area (Å²) in [6.45, 7) is 3.84. The summed E-state index contributed by atoms with van der Waals surface area (Å²) >= 11 is 0. The molecule has 1 unspecified atom stereocenters. The summed E-state index contributed by atoms with van der Waals surface area (Å²) < 4.78 is 28.1. The van der Waals surface area contributed by atoms with Crippen molar-refractivity contribution >= 4 is 63.5 Å². The maximum absolute atomic E-state index is 12.9. The van der Waals surface area contributed by atoms with E-state index in [1.807, 2.05) is 36.2 Å². The zero-order chi connectivity index (χ0) is 45.3. The number of aliphatic carboxylic acids is 1. The molecule has 6 aromatic rings. The van der Waals surface area contributed by atoms with E-state index >= 15 is 0 Å². The van der Waals surface area contributed by atoms with Gasteiger partial charge in [-0.3, -0.25) is 9.59 Å². The molecule has 23 heteroatoms. The normalized spacial score (nSPS) is 11.7. The summed E-state index contributed by atoms with van der Waals surface area (Å²) in [5.74, 6) is -1.64. The van der Waals surface area contributed by atoms with Gasteiger partial charge in [-0.25, -0.2) is 19.7 Å². The van der Waals surface area contributed by atoms with E-state index < -0.39 is 17.9 Å². The number of aromatic nitrogens is 8. The lowest BCUT2D eigenvalue weighted by Gasteiger charge is -2.19. The first-order chi connectivity index (χ1) is 31.0. The number of carbonyl (C=O) groups is 3. The molecule has 4 heterocycles. The number of nitrogens with one attached hydrogen (secondary N) is 3. The van der Waals surface area contributed by atoms with Crippen molar-refractivity contribution in [2.24, 2.45) is 0 Å². The van der Waals surface area contributed by atoms with Crippen LogP contribution in [0.3, 0.4) is 0 Å². The Morgan fingerprint density at radius 1 is 0.766 bits per heavy atom. The predicted molar refractivity (Wildman–Crippen MR) is 233 cm³/mol. The fourth-order valence-electron chi connectivity index (χ4n) is 6.05. The number of nitrogen functional groups attached to an aromatic ring is 3. The van der Waals surface area contributed by atoms with Crippen LogP contribution in [0.1, 0.15) is 40.0 Å². The van der Waals surface area contributed by atoms with Crippen LogP contribution in [0.15, 0.2) is 61.1 Å². The van der Waals surface area contributed by atoms with Crippen LogP contribution in [0.2, 0.25) is 0 Å². The second kappa shape index (κ2) is 23.2. The van der Waals surface area contributed by atoms with E-state index in [4.69, 9.17) is 40.9 Å². The molecule has 2 aromatic carbocycles. The second-order valence-electron chi connectivity index (χ2n) is 14.1. The Balaban J connectivity index is 0.754. The number of imidazole rings is 1. The Morgan fingerprint density at radius 2 is 1.41 bits per heavy atom. The molecule has 1 atom stereocenters. The number of carboxylic acid groups (broad SMARTS) is 1. The summed E-state index contributed by atoms with van der Waals surface area (Å²) in [6.07, 6.45) is 2.86. The molecule has 0 aliphatic carbocycles. The van der Waals surface area contributed by atoms with E-state index in [1.54, 1.807) is 30.5 Å². The van der Waals surface area contributed by atoms with Gasteiger partial charge in [-0.1, -0.05) is 24.3 Å². The molecule has 2 amide bonds. The first-order valence-electron chi connectivity index (χ1n) is 20.2. The van der Waals surface area contributed by atoms with Crippen LogP contribution in [0.4, 0.5) is 23.4 Å². The highest BCUT2D eigenvalue weighted by Gasteiger charge is 2.22. The zero-order valence-electron chi connectivity index (χ0n) is 35.1. The summed E-state index contributed by atoms with van der Waals surface area (Å²) in [5.41, 5.74) is 22.5. The summed E-state index contributed by atoms with van der Waals surface area (Å²) in [6, 6.07) is 13.1. The number of ether oxygens (including phenoxy) is 5. The number of nitrogens with two attached hydrogens (primary N) is 3. The van der Waals surface area contributed by atoms with Gasteiger partial charge in [0.15, 0.2) is 22.6 Å². The van der Waals surface area contributed by atoms with E-state index in [9.17, 15) is 19.5 Å². The van der Waals surface area contributed by atoms with Crippen LogP contribution in [-0.2, 0) is 48.3 Å². The lowest BCUT2D eigenvalue weighted by molar-refractivity contribution is -0.139. The van der Waals surface area contributed by atoms with Gasteiger partial charge in [-0.15, -0.1) is 0 Å². The molecule has 4 aromatic heterocycles. The lowest BCUT2D eigenvalue weighted by Crippen LogP contribution is -2.41. The van der Waals surface area contributed by atoms with Gasteiger partial charge < -0.3 is 66.5 Å².